The third-order valence-corrected chi connectivity index (χ3v) is 6.31. The highest BCUT2D eigenvalue weighted by Crippen LogP contribution is 2.31. The summed E-state index contributed by atoms with van der Waals surface area (Å²) >= 11 is 6.27. The van der Waals surface area contributed by atoms with E-state index < -0.39 is 4.92 Å². The maximum absolute atomic E-state index is 10.9. The number of aromatic nitrogens is 5. The number of ether oxygens (including phenoxy) is 1. The molecule has 6 rings (SSSR count). The van der Waals surface area contributed by atoms with Gasteiger partial charge in [0, 0.05) is 33.7 Å². The Labute approximate surface area is 227 Å². The van der Waals surface area contributed by atoms with Crippen molar-refractivity contribution in [1.29, 1.82) is 0 Å². The second kappa shape index (κ2) is 10.3. The number of hydrogen-bond acceptors (Lipinski definition) is 7. The molecular formula is C29H19ClN6O3. The van der Waals surface area contributed by atoms with Crippen molar-refractivity contribution in [3.63, 3.8) is 0 Å². The van der Waals surface area contributed by atoms with E-state index in [-0.39, 0.29) is 12.3 Å². The van der Waals surface area contributed by atoms with E-state index in [0.717, 1.165) is 27.7 Å². The zero-order valence-corrected chi connectivity index (χ0v) is 21.1. The van der Waals surface area contributed by atoms with Crippen molar-refractivity contribution >= 4 is 28.2 Å². The molecule has 190 valence electrons. The number of halogens is 1. The average molecular weight is 535 g/mol. The van der Waals surface area contributed by atoms with E-state index in [1.54, 1.807) is 23.0 Å². The molecular weight excluding hydrogens is 516 g/mol. The van der Waals surface area contributed by atoms with Crippen LogP contribution in [0.1, 0.15) is 5.69 Å². The van der Waals surface area contributed by atoms with Crippen LogP contribution in [0.5, 0.6) is 5.75 Å². The average Bonchev–Trinajstić information content (AvgIpc) is 3.45. The van der Waals surface area contributed by atoms with Gasteiger partial charge in [-0.05, 0) is 54.6 Å². The first-order valence-electron chi connectivity index (χ1n) is 12.0. The fourth-order valence-electron chi connectivity index (χ4n) is 4.12. The first-order chi connectivity index (χ1) is 19.0. The maximum atomic E-state index is 10.9. The quantitative estimate of drug-likeness (QED) is 0.166. The Bertz CT molecular complexity index is 1790. The monoisotopic (exact) mass is 534 g/mol. The van der Waals surface area contributed by atoms with E-state index in [2.05, 4.69) is 10.3 Å². The Hall–Kier alpha value is -5.15. The van der Waals surface area contributed by atoms with Crippen molar-refractivity contribution in [2.75, 3.05) is 0 Å². The highest BCUT2D eigenvalue weighted by atomic mass is 35.5. The lowest BCUT2D eigenvalue weighted by molar-refractivity contribution is -0.384. The van der Waals surface area contributed by atoms with Crippen molar-refractivity contribution < 1.29 is 9.66 Å². The fraction of sp³-hybridized carbons (Fsp3) is 0.0345. The van der Waals surface area contributed by atoms with Crippen LogP contribution in [0, 0.1) is 10.1 Å². The van der Waals surface area contributed by atoms with Gasteiger partial charge in [-0.1, -0.05) is 47.1 Å². The highest BCUT2D eigenvalue weighted by Gasteiger charge is 2.13. The Kier molecular flexibility index (Phi) is 6.40. The smallest absolute Gasteiger partial charge is 0.269 e. The molecule has 0 radical (unpaired) electrons. The summed E-state index contributed by atoms with van der Waals surface area (Å²) in [4.78, 5) is 20.1. The van der Waals surface area contributed by atoms with Crippen LogP contribution in [0.25, 0.3) is 39.2 Å². The second-order valence-corrected chi connectivity index (χ2v) is 9.10. The molecule has 10 heteroatoms. The number of fused-ring (bicyclic) bond motifs is 1. The minimum atomic E-state index is -0.444. The second-order valence-electron chi connectivity index (χ2n) is 8.66. The number of hydrogen-bond donors (Lipinski definition) is 0. The highest BCUT2D eigenvalue weighted by molar-refractivity contribution is 6.31. The SMILES string of the molecule is O=[N+]([O-])c1ccc(-n2cc(COc3ccc(-c4nc(-c5ccccc5)c5cc(Cl)ccc5n4)cc3)nn2)cc1. The molecule has 0 N–H and O–H groups in total. The van der Waals surface area contributed by atoms with Gasteiger partial charge in [0.2, 0.25) is 0 Å². The van der Waals surface area contributed by atoms with Gasteiger partial charge in [0.15, 0.2) is 5.82 Å². The van der Waals surface area contributed by atoms with Gasteiger partial charge < -0.3 is 4.74 Å². The molecule has 0 spiro atoms. The molecule has 0 aliphatic heterocycles. The summed E-state index contributed by atoms with van der Waals surface area (Å²) in [6, 6.07) is 29.2. The predicted octanol–water partition coefficient (Wildman–Crippen LogP) is 6.69. The number of rotatable bonds is 7. The van der Waals surface area contributed by atoms with Crippen LogP contribution < -0.4 is 4.74 Å². The predicted molar refractivity (Wildman–Crippen MR) is 148 cm³/mol. The van der Waals surface area contributed by atoms with Crippen molar-refractivity contribution in [2.24, 2.45) is 0 Å². The third kappa shape index (κ3) is 5.16. The molecule has 6 aromatic rings. The van der Waals surface area contributed by atoms with E-state index in [9.17, 15) is 10.1 Å². The number of benzene rings is 4. The van der Waals surface area contributed by atoms with E-state index in [1.807, 2.05) is 72.8 Å². The molecule has 0 atom stereocenters. The van der Waals surface area contributed by atoms with Crippen LogP contribution in [0.4, 0.5) is 5.69 Å². The van der Waals surface area contributed by atoms with Gasteiger partial charge in [-0.3, -0.25) is 10.1 Å². The standard InChI is InChI=1S/C29H19ClN6O3/c30-21-8-15-27-26(16-21)28(19-4-2-1-3-5-19)32-29(31-27)20-6-13-25(14-7-20)39-18-22-17-35(34-33-22)23-9-11-24(12-10-23)36(37)38/h1-17H,18H2. The van der Waals surface area contributed by atoms with Crippen LogP contribution in [0.3, 0.4) is 0 Å². The first-order valence-corrected chi connectivity index (χ1v) is 12.3. The minimum absolute atomic E-state index is 0.0145. The van der Waals surface area contributed by atoms with Gasteiger partial charge in [-0.25, -0.2) is 14.6 Å². The van der Waals surface area contributed by atoms with E-state index in [1.165, 1.54) is 12.1 Å². The molecule has 39 heavy (non-hydrogen) atoms. The van der Waals surface area contributed by atoms with E-state index in [0.29, 0.717) is 28.0 Å². The molecule has 4 aromatic carbocycles. The van der Waals surface area contributed by atoms with Gasteiger partial charge in [0.25, 0.3) is 5.69 Å². The summed E-state index contributed by atoms with van der Waals surface area (Å²) in [5.41, 5.74) is 4.74. The van der Waals surface area contributed by atoms with Gasteiger partial charge in [-0.2, -0.15) is 0 Å². The number of nitro groups is 1. The van der Waals surface area contributed by atoms with E-state index >= 15 is 0 Å². The zero-order chi connectivity index (χ0) is 26.8. The minimum Gasteiger partial charge on any atom is -0.487 e. The van der Waals surface area contributed by atoms with Gasteiger partial charge >= 0.3 is 0 Å². The summed E-state index contributed by atoms with van der Waals surface area (Å²) in [5, 5.41) is 20.6. The topological polar surface area (TPSA) is 109 Å². The normalized spacial score (nSPS) is 11.0. The number of nitrogens with zero attached hydrogens (tertiary/aromatic N) is 6. The lowest BCUT2D eigenvalue weighted by Gasteiger charge is -2.10. The van der Waals surface area contributed by atoms with Crippen LogP contribution >= 0.6 is 11.6 Å². The first kappa shape index (κ1) is 24.2. The zero-order valence-electron chi connectivity index (χ0n) is 20.3. The summed E-state index contributed by atoms with van der Waals surface area (Å²) in [7, 11) is 0. The molecule has 0 aliphatic rings. The molecule has 0 amide bonds. The number of nitro benzene ring substituents is 1. The molecule has 0 aliphatic carbocycles. The molecule has 0 unspecified atom stereocenters. The van der Waals surface area contributed by atoms with Crippen LogP contribution in [0.15, 0.2) is 103 Å². The molecule has 9 nitrogen and oxygen atoms in total. The van der Waals surface area contributed by atoms with Crippen molar-refractivity contribution in [1.82, 2.24) is 25.0 Å². The Morgan fingerprint density at radius 1 is 0.872 bits per heavy atom. The Morgan fingerprint density at radius 3 is 2.38 bits per heavy atom. The molecule has 0 saturated heterocycles. The molecule has 0 fully saturated rings. The molecule has 2 aromatic heterocycles. The number of non-ortho nitro benzene ring substituents is 1. The summed E-state index contributed by atoms with van der Waals surface area (Å²) in [6.45, 7) is 0.206. The van der Waals surface area contributed by atoms with Gasteiger partial charge in [0.05, 0.1) is 28.0 Å². The Balaban J connectivity index is 1.20. The van der Waals surface area contributed by atoms with Crippen LogP contribution in [-0.4, -0.2) is 29.9 Å². The summed E-state index contributed by atoms with van der Waals surface area (Å²) in [6.07, 6.45) is 1.72. The van der Waals surface area contributed by atoms with E-state index in [4.69, 9.17) is 26.3 Å². The lowest BCUT2D eigenvalue weighted by Crippen LogP contribution is -1.97. The fourth-order valence-corrected chi connectivity index (χ4v) is 4.29. The van der Waals surface area contributed by atoms with Crippen LogP contribution in [0.2, 0.25) is 5.02 Å². The molecule has 0 bridgehead atoms. The third-order valence-electron chi connectivity index (χ3n) is 6.07. The van der Waals surface area contributed by atoms with Crippen molar-refractivity contribution in [2.45, 2.75) is 6.61 Å². The summed E-state index contributed by atoms with van der Waals surface area (Å²) < 4.78 is 7.44. The lowest BCUT2D eigenvalue weighted by atomic mass is 10.1. The Morgan fingerprint density at radius 2 is 1.64 bits per heavy atom. The summed E-state index contributed by atoms with van der Waals surface area (Å²) in [5.74, 6) is 1.25. The molecule has 2 heterocycles. The maximum Gasteiger partial charge on any atom is 0.269 e. The van der Waals surface area contributed by atoms with Crippen molar-refractivity contribution in [3.8, 4) is 34.1 Å². The van der Waals surface area contributed by atoms with Crippen LogP contribution in [-0.2, 0) is 6.61 Å². The van der Waals surface area contributed by atoms with Crippen molar-refractivity contribution in [3.05, 3.63) is 124 Å². The largest absolute Gasteiger partial charge is 0.487 e. The molecule has 0 saturated carbocycles. The van der Waals surface area contributed by atoms with Gasteiger partial charge in [-0.15, -0.1) is 5.10 Å². The van der Waals surface area contributed by atoms with Gasteiger partial charge in [0.1, 0.15) is 18.1 Å².